The van der Waals surface area contributed by atoms with E-state index in [1.807, 2.05) is 0 Å². The zero-order chi connectivity index (χ0) is 15.2. The molecule has 0 aromatic rings. The van der Waals surface area contributed by atoms with Gasteiger partial charge in [0.25, 0.3) is 0 Å². The first-order valence-electron chi connectivity index (χ1n) is 6.29. The fourth-order valence-electron chi connectivity index (χ4n) is 1.20. The molecule has 0 amide bonds. The molecular weight excluding hydrogens is 260 g/mol. The Morgan fingerprint density at radius 2 is 1.68 bits per heavy atom. The van der Waals surface area contributed by atoms with Crippen LogP contribution in [0.15, 0.2) is 10.2 Å². The number of azide groups is 2. The van der Waals surface area contributed by atoms with Gasteiger partial charge in [0.15, 0.2) is 8.32 Å². The fourth-order valence-corrected chi connectivity index (χ4v) is 2.24. The van der Waals surface area contributed by atoms with Crippen molar-refractivity contribution in [3.05, 3.63) is 20.9 Å². The van der Waals surface area contributed by atoms with Crippen molar-refractivity contribution >= 4 is 8.32 Å². The van der Waals surface area contributed by atoms with E-state index in [4.69, 9.17) is 15.5 Å². The molecule has 0 N–H and O–H groups in total. The maximum Gasteiger partial charge on any atom is 0.191 e. The van der Waals surface area contributed by atoms with E-state index in [1.165, 1.54) is 0 Å². The quantitative estimate of drug-likeness (QED) is 0.285. The summed E-state index contributed by atoms with van der Waals surface area (Å²) in [6, 6.07) is 0. The summed E-state index contributed by atoms with van der Waals surface area (Å²) in [5, 5.41) is 7.37. The van der Waals surface area contributed by atoms with Gasteiger partial charge in [-0.3, -0.25) is 0 Å². The van der Waals surface area contributed by atoms with Crippen molar-refractivity contribution < 1.29 is 4.43 Å². The lowest BCUT2D eigenvalue weighted by molar-refractivity contribution is 0.247. The molecule has 0 aliphatic carbocycles. The van der Waals surface area contributed by atoms with E-state index in [-0.39, 0.29) is 11.6 Å². The first kappa shape index (κ1) is 17.8. The van der Waals surface area contributed by atoms with E-state index < -0.39 is 13.9 Å². The minimum Gasteiger partial charge on any atom is -0.417 e. The van der Waals surface area contributed by atoms with Crippen molar-refractivity contribution in [2.45, 2.75) is 57.8 Å². The Morgan fingerprint density at radius 3 is 2.11 bits per heavy atom. The van der Waals surface area contributed by atoms with Crippen molar-refractivity contribution in [1.29, 1.82) is 0 Å². The van der Waals surface area contributed by atoms with Gasteiger partial charge < -0.3 is 4.43 Å². The van der Waals surface area contributed by atoms with Crippen molar-refractivity contribution in [2.75, 3.05) is 13.2 Å². The molecule has 1 atom stereocenters. The predicted octanol–water partition coefficient (Wildman–Crippen LogP) is 4.78. The summed E-state index contributed by atoms with van der Waals surface area (Å²) >= 11 is 0. The Hall–Kier alpha value is -1.20. The molecule has 1 unspecified atom stereocenters. The Bertz CT molecular complexity index is 392. The first-order valence-corrected chi connectivity index (χ1v) is 9.20. The van der Waals surface area contributed by atoms with Crippen LogP contribution in [0, 0.1) is 0 Å². The minimum atomic E-state index is -1.80. The second-order valence-corrected chi connectivity index (χ2v) is 11.2. The highest BCUT2D eigenvalue weighted by Crippen LogP contribution is 2.36. The third-order valence-electron chi connectivity index (χ3n) is 3.67. The summed E-state index contributed by atoms with van der Waals surface area (Å²) in [6.07, 6.45) is 0.544. The largest absolute Gasteiger partial charge is 0.417 e. The van der Waals surface area contributed by atoms with E-state index in [0.717, 1.165) is 0 Å². The highest BCUT2D eigenvalue weighted by Gasteiger charge is 2.37. The van der Waals surface area contributed by atoms with Crippen molar-refractivity contribution in [3.63, 3.8) is 0 Å². The van der Waals surface area contributed by atoms with Crippen LogP contribution < -0.4 is 0 Å². The van der Waals surface area contributed by atoms with E-state index >= 15 is 0 Å². The third kappa shape index (κ3) is 5.98. The van der Waals surface area contributed by atoms with Crippen molar-refractivity contribution in [1.82, 2.24) is 0 Å². The summed E-state index contributed by atoms with van der Waals surface area (Å²) in [4.78, 5) is 5.53. The number of rotatable bonds is 7. The van der Waals surface area contributed by atoms with Crippen LogP contribution in [0.25, 0.3) is 20.9 Å². The summed E-state index contributed by atoms with van der Waals surface area (Å²) in [5.74, 6) is 0. The molecule has 0 aliphatic heterocycles. The smallest absolute Gasteiger partial charge is 0.191 e. The SMILES string of the molecule is CC(CCO[Si](C)(C)C(C)(C)C)(CN=[N+]=[N-])N=[N+]=[N-]. The molecule has 0 radical (unpaired) electrons. The molecule has 0 bridgehead atoms. The van der Waals surface area contributed by atoms with Gasteiger partial charge in [-0.25, -0.2) is 0 Å². The fraction of sp³-hybridized carbons (Fsp3) is 1.00. The Kier molecular flexibility index (Phi) is 6.39. The second kappa shape index (κ2) is 6.82. The highest BCUT2D eigenvalue weighted by atomic mass is 28.4. The zero-order valence-electron chi connectivity index (χ0n) is 12.7. The number of hydrogen-bond donors (Lipinski definition) is 0. The Morgan fingerprint density at radius 1 is 1.11 bits per heavy atom. The summed E-state index contributed by atoms with van der Waals surface area (Å²) < 4.78 is 6.04. The van der Waals surface area contributed by atoms with Gasteiger partial charge in [-0.15, -0.1) is 0 Å². The Balaban J connectivity index is 4.59. The molecule has 0 heterocycles. The molecule has 19 heavy (non-hydrogen) atoms. The summed E-state index contributed by atoms with van der Waals surface area (Å²) in [7, 11) is -1.80. The lowest BCUT2D eigenvalue weighted by Crippen LogP contribution is -2.42. The van der Waals surface area contributed by atoms with Gasteiger partial charge in [0, 0.05) is 23.0 Å². The lowest BCUT2D eigenvalue weighted by atomic mass is 10.0. The monoisotopic (exact) mass is 284 g/mol. The molecule has 0 fully saturated rings. The third-order valence-corrected chi connectivity index (χ3v) is 8.21. The van der Waals surface area contributed by atoms with E-state index in [0.29, 0.717) is 13.0 Å². The van der Waals surface area contributed by atoms with Crippen molar-refractivity contribution in [3.8, 4) is 0 Å². The zero-order valence-corrected chi connectivity index (χ0v) is 13.7. The molecular formula is C11H24N6OSi. The van der Waals surface area contributed by atoms with Gasteiger partial charge in [0.2, 0.25) is 0 Å². The molecule has 0 saturated carbocycles. The van der Waals surface area contributed by atoms with Gasteiger partial charge in [-0.2, -0.15) is 0 Å². The second-order valence-electron chi connectivity index (χ2n) is 6.43. The first-order chi connectivity index (χ1) is 8.58. The maximum absolute atomic E-state index is 8.58. The van der Waals surface area contributed by atoms with Crippen LogP contribution >= 0.6 is 0 Å². The van der Waals surface area contributed by atoms with Crippen LogP contribution in [-0.4, -0.2) is 27.0 Å². The highest BCUT2D eigenvalue weighted by molar-refractivity contribution is 6.74. The van der Waals surface area contributed by atoms with Crippen molar-refractivity contribution in [2.24, 2.45) is 10.2 Å². The molecule has 0 aromatic heterocycles. The van der Waals surface area contributed by atoms with Gasteiger partial charge in [0.05, 0.1) is 5.54 Å². The summed E-state index contributed by atoms with van der Waals surface area (Å²) in [5.41, 5.74) is 16.2. The van der Waals surface area contributed by atoms with Crippen LogP contribution in [0.4, 0.5) is 0 Å². The summed E-state index contributed by atoms with van der Waals surface area (Å²) in [6.45, 7) is 13.3. The van der Waals surface area contributed by atoms with Gasteiger partial charge in [-0.05, 0) is 35.6 Å². The van der Waals surface area contributed by atoms with Gasteiger partial charge in [0.1, 0.15) is 0 Å². The van der Waals surface area contributed by atoms with Crippen LogP contribution in [0.1, 0.15) is 34.1 Å². The molecule has 0 aliphatic rings. The van der Waals surface area contributed by atoms with E-state index in [2.05, 4.69) is 53.9 Å². The van der Waals surface area contributed by atoms with Crippen LogP contribution in [0.2, 0.25) is 18.1 Å². The molecule has 108 valence electrons. The Labute approximate surface area is 115 Å². The van der Waals surface area contributed by atoms with E-state index in [1.54, 1.807) is 6.92 Å². The topological polar surface area (TPSA) is 107 Å². The van der Waals surface area contributed by atoms with Crippen LogP contribution in [0.3, 0.4) is 0 Å². The number of hydrogen-bond acceptors (Lipinski definition) is 3. The predicted molar refractivity (Wildman–Crippen MR) is 79.3 cm³/mol. The number of nitrogens with zero attached hydrogens (tertiary/aromatic N) is 6. The lowest BCUT2D eigenvalue weighted by Gasteiger charge is -2.37. The molecule has 8 heteroatoms. The molecule has 0 aromatic carbocycles. The average Bonchev–Trinajstić information content (AvgIpc) is 2.25. The van der Waals surface area contributed by atoms with Crippen LogP contribution in [-0.2, 0) is 4.43 Å². The average molecular weight is 284 g/mol. The normalized spacial score (nSPS) is 15.1. The molecule has 7 nitrogen and oxygen atoms in total. The minimum absolute atomic E-state index is 0.146. The molecule has 0 rings (SSSR count). The maximum atomic E-state index is 8.58. The van der Waals surface area contributed by atoms with Gasteiger partial charge in [-0.1, -0.05) is 37.9 Å². The molecule has 0 saturated heterocycles. The molecule has 0 spiro atoms. The standard InChI is InChI=1S/C11H24N6OSi/c1-10(2,3)19(5,6)18-8-7-11(4,15-17-13)9-14-16-12/h7-9H2,1-6H3. The van der Waals surface area contributed by atoms with E-state index in [9.17, 15) is 0 Å². The van der Waals surface area contributed by atoms with Gasteiger partial charge >= 0.3 is 0 Å². The van der Waals surface area contributed by atoms with Crippen LogP contribution in [0.5, 0.6) is 0 Å².